The molecule has 0 aromatic heterocycles. The van der Waals surface area contributed by atoms with Gasteiger partial charge in [0, 0.05) is 12.7 Å². The lowest BCUT2D eigenvalue weighted by Crippen LogP contribution is -2.47. The number of nitrogens with one attached hydrogen (secondary N) is 1. The monoisotopic (exact) mass is 447 g/mol. The van der Waals surface area contributed by atoms with Crippen LogP contribution in [0.4, 0.5) is 13.2 Å². The third-order valence-corrected chi connectivity index (χ3v) is 5.33. The molecule has 1 unspecified atom stereocenters. The molecule has 0 saturated heterocycles. The van der Waals surface area contributed by atoms with E-state index >= 15 is 0 Å². The lowest BCUT2D eigenvalue weighted by molar-refractivity contribution is -0.139. The molecule has 2 aromatic rings. The summed E-state index contributed by atoms with van der Waals surface area (Å²) in [6.45, 7) is 1.93. The summed E-state index contributed by atoms with van der Waals surface area (Å²) in [5.41, 5.74) is 0.526. The SMILES string of the molecule is COC(=O)C1=C(C)N(C)C(=NCc2ccc(OC)cc2)NC1c1ccccc1C(F)(F)F. The summed E-state index contributed by atoms with van der Waals surface area (Å²) in [6, 6.07) is 11.4. The van der Waals surface area contributed by atoms with Crippen molar-refractivity contribution in [1.82, 2.24) is 10.2 Å². The van der Waals surface area contributed by atoms with E-state index < -0.39 is 23.8 Å². The molecular formula is C23H24F3N3O3. The summed E-state index contributed by atoms with van der Waals surface area (Å²) in [7, 11) is 4.45. The minimum atomic E-state index is -4.59. The third kappa shape index (κ3) is 4.71. The summed E-state index contributed by atoms with van der Waals surface area (Å²) in [6.07, 6.45) is -4.59. The number of esters is 1. The summed E-state index contributed by atoms with van der Waals surface area (Å²) in [5, 5.41) is 3.01. The molecule has 9 heteroatoms. The Balaban J connectivity index is 2.04. The molecule has 0 saturated carbocycles. The quantitative estimate of drug-likeness (QED) is 0.693. The smallest absolute Gasteiger partial charge is 0.416 e. The molecular weight excluding hydrogens is 423 g/mol. The predicted molar refractivity (Wildman–Crippen MR) is 114 cm³/mol. The maximum atomic E-state index is 13.7. The van der Waals surface area contributed by atoms with Gasteiger partial charge in [-0.2, -0.15) is 13.2 Å². The van der Waals surface area contributed by atoms with Crippen LogP contribution in [0.25, 0.3) is 0 Å². The minimum absolute atomic E-state index is 0.0787. The topological polar surface area (TPSA) is 63.2 Å². The fourth-order valence-corrected chi connectivity index (χ4v) is 3.51. The third-order valence-electron chi connectivity index (χ3n) is 5.33. The highest BCUT2D eigenvalue weighted by Crippen LogP contribution is 2.39. The van der Waals surface area contributed by atoms with Gasteiger partial charge in [-0.05, 0) is 36.2 Å². The number of methoxy groups -OCH3 is 2. The lowest BCUT2D eigenvalue weighted by atomic mass is 9.91. The highest BCUT2D eigenvalue weighted by atomic mass is 19.4. The molecule has 32 heavy (non-hydrogen) atoms. The highest BCUT2D eigenvalue weighted by molar-refractivity contribution is 5.96. The Bertz CT molecular complexity index is 1050. The normalized spacial score (nSPS) is 17.9. The molecule has 1 aliphatic heterocycles. The molecule has 6 nitrogen and oxygen atoms in total. The Hall–Kier alpha value is -3.49. The van der Waals surface area contributed by atoms with E-state index in [1.165, 1.54) is 25.3 Å². The second-order valence-electron chi connectivity index (χ2n) is 7.20. The van der Waals surface area contributed by atoms with Crippen molar-refractivity contribution in [3.05, 3.63) is 76.5 Å². The maximum absolute atomic E-state index is 13.7. The molecule has 2 aromatic carbocycles. The number of nitrogens with zero attached hydrogens (tertiary/aromatic N) is 2. The first-order valence-electron chi connectivity index (χ1n) is 9.80. The van der Waals surface area contributed by atoms with Crippen LogP contribution in [0.15, 0.2) is 64.8 Å². The van der Waals surface area contributed by atoms with Gasteiger partial charge >= 0.3 is 12.1 Å². The van der Waals surface area contributed by atoms with Crippen LogP contribution in [0.2, 0.25) is 0 Å². The standard InChI is InChI=1S/C23H24F3N3O3/c1-14-19(21(30)32-4)20(17-7-5-6-8-18(17)23(24,25)26)28-22(29(14)2)27-13-15-9-11-16(31-3)12-10-15/h5-12,20H,13H2,1-4H3,(H,27,28). The zero-order chi connectivity index (χ0) is 23.5. The Labute approximate surface area is 184 Å². The number of carbonyl (C=O) groups is 1. The van der Waals surface area contributed by atoms with Crippen LogP contribution in [0.1, 0.15) is 29.7 Å². The molecule has 170 valence electrons. The fraction of sp³-hybridized carbons (Fsp3) is 0.304. The van der Waals surface area contributed by atoms with Crippen molar-refractivity contribution in [2.75, 3.05) is 21.3 Å². The van der Waals surface area contributed by atoms with Gasteiger partial charge in [0.25, 0.3) is 0 Å². The molecule has 3 rings (SSSR count). The van der Waals surface area contributed by atoms with E-state index in [2.05, 4.69) is 10.3 Å². The van der Waals surface area contributed by atoms with Gasteiger partial charge in [0.2, 0.25) is 0 Å². The van der Waals surface area contributed by atoms with E-state index in [1.807, 2.05) is 12.1 Å². The van der Waals surface area contributed by atoms with Crippen molar-refractivity contribution in [1.29, 1.82) is 0 Å². The van der Waals surface area contributed by atoms with Gasteiger partial charge in [-0.1, -0.05) is 30.3 Å². The summed E-state index contributed by atoms with van der Waals surface area (Å²) in [5.74, 6) is 0.339. The van der Waals surface area contributed by atoms with Crippen LogP contribution in [-0.4, -0.2) is 38.1 Å². The summed E-state index contributed by atoms with van der Waals surface area (Å²) < 4.78 is 51.1. The number of halogens is 3. The van der Waals surface area contributed by atoms with Crippen LogP contribution in [-0.2, 0) is 22.3 Å². The zero-order valence-electron chi connectivity index (χ0n) is 18.2. The summed E-state index contributed by atoms with van der Waals surface area (Å²) in [4.78, 5) is 18.7. The van der Waals surface area contributed by atoms with Crippen molar-refractivity contribution < 1.29 is 27.4 Å². The van der Waals surface area contributed by atoms with Crippen molar-refractivity contribution in [2.24, 2.45) is 4.99 Å². The van der Waals surface area contributed by atoms with Crippen LogP contribution in [0.3, 0.4) is 0 Å². The second kappa shape index (κ2) is 9.33. The molecule has 0 fully saturated rings. The Morgan fingerprint density at radius 1 is 1.12 bits per heavy atom. The number of hydrogen-bond donors (Lipinski definition) is 1. The average molecular weight is 447 g/mol. The molecule has 1 aliphatic rings. The van der Waals surface area contributed by atoms with E-state index in [0.717, 1.165) is 11.6 Å². The number of guanidine groups is 1. The maximum Gasteiger partial charge on any atom is 0.416 e. The van der Waals surface area contributed by atoms with Gasteiger partial charge in [-0.3, -0.25) is 0 Å². The van der Waals surface area contributed by atoms with Gasteiger partial charge in [0.15, 0.2) is 5.96 Å². The molecule has 1 heterocycles. The first-order valence-corrected chi connectivity index (χ1v) is 9.80. The average Bonchev–Trinajstić information content (AvgIpc) is 2.79. The molecule has 1 N–H and O–H groups in total. The van der Waals surface area contributed by atoms with Gasteiger partial charge in [-0.25, -0.2) is 9.79 Å². The van der Waals surface area contributed by atoms with Gasteiger partial charge in [-0.15, -0.1) is 0 Å². The van der Waals surface area contributed by atoms with Crippen molar-refractivity contribution in [3.8, 4) is 5.75 Å². The largest absolute Gasteiger partial charge is 0.497 e. The zero-order valence-corrected chi connectivity index (χ0v) is 18.2. The van der Waals surface area contributed by atoms with Crippen molar-refractivity contribution in [3.63, 3.8) is 0 Å². The molecule has 0 radical (unpaired) electrons. The van der Waals surface area contributed by atoms with E-state index in [1.54, 1.807) is 38.1 Å². The number of rotatable bonds is 5. The van der Waals surface area contributed by atoms with Crippen molar-refractivity contribution >= 4 is 11.9 Å². The first-order chi connectivity index (χ1) is 15.2. The molecule has 0 aliphatic carbocycles. The minimum Gasteiger partial charge on any atom is -0.497 e. The van der Waals surface area contributed by atoms with Gasteiger partial charge in [0.1, 0.15) is 5.75 Å². The van der Waals surface area contributed by atoms with Crippen LogP contribution >= 0.6 is 0 Å². The van der Waals surface area contributed by atoms with Crippen LogP contribution in [0, 0.1) is 0 Å². The lowest BCUT2D eigenvalue weighted by Gasteiger charge is -2.36. The summed E-state index contributed by atoms with van der Waals surface area (Å²) >= 11 is 0. The number of benzene rings is 2. The van der Waals surface area contributed by atoms with E-state index in [4.69, 9.17) is 9.47 Å². The molecule has 0 amide bonds. The van der Waals surface area contributed by atoms with Crippen molar-refractivity contribution in [2.45, 2.75) is 25.7 Å². The Kier molecular flexibility index (Phi) is 6.76. The number of hydrogen-bond acceptors (Lipinski definition) is 4. The molecule has 0 bridgehead atoms. The highest BCUT2D eigenvalue weighted by Gasteiger charge is 2.40. The molecule has 0 spiro atoms. The number of ether oxygens (including phenoxy) is 2. The number of allylic oxidation sites excluding steroid dienone is 1. The van der Waals surface area contributed by atoms with Gasteiger partial charge in [0.05, 0.1) is 37.9 Å². The first kappa shape index (κ1) is 23.2. The van der Waals surface area contributed by atoms with Crippen LogP contribution < -0.4 is 10.1 Å². The van der Waals surface area contributed by atoms with E-state index in [0.29, 0.717) is 17.4 Å². The number of alkyl halides is 3. The Morgan fingerprint density at radius 3 is 2.38 bits per heavy atom. The second-order valence-corrected chi connectivity index (χ2v) is 7.20. The Morgan fingerprint density at radius 2 is 1.78 bits per heavy atom. The van der Waals surface area contributed by atoms with E-state index in [9.17, 15) is 18.0 Å². The van der Waals surface area contributed by atoms with Gasteiger partial charge < -0.3 is 19.7 Å². The fourth-order valence-electron chi connectivity index (χ4n) is 3.51. The molecule has 1 atom stereocenters. The predicted octanol–water partition coefficient (Wildman–Crippen LogP) is 4.29. The van der Waals surface area contributed by atoms with E-state index in [-0.39, 0.29) is 17.7 Å². The number of carbonyl (C=O) groups excluding carboxylic acids is 1. The number of aliphatic imine (C=N–C) groups is 1. The van der Waals surface area contributed by atoms with Crippen LogP contribution in [0.5, 0.6) is 5.75 Å².